The molecule has 1 fully saturated rings. The van der Waals surface area contributed by atoms with Crippen LogP contribution in [0.2, 0.25) is 0 Å². The summed E-state index contributed by atoms with van der Waals surface area (Å²) in [7, 11) is -3.52. The minimum Gasteiger partial charge on any atom is -0.396 e. The number of sulfonamides is 1. The largest absolute Gasteiger partial charge is 0.396 e. The third-order valence-electron chi connectivity index (χ3n) is 4.13. The van der Waals surface area contributed by atoms with Crippen molar-refractivity contribution < 1.29 is 18.3 Å². The van der Waals surface area contributed by atoms with Gasteiger partial charge in [0.2, 0.25) is 15.9 Å². The third-order valence-corrected chi connectivity index (χ3v) is 5.99. The fraction of sp³-hybridized carbons (Fsp3) is 0.500. The first-order valence-electron chi connectivity index (χ1n) is 7.04. The van der Waals surface area contributed by atoms with Crippen molar-refractivity contribution in [2.45, 2.75) is 24.2 Å². The Hall–Kier alpha value is -1.44. The van der Waals surface area contributed by atoms with Crippen molar-refractivity contribution in [3.63, 3.8) is 0 Å². The zero-order chi connectivity index (χ0) is 15.0. The Morgan fingerprint density at radius 2 is 2.19 bits per heavy atom. The highest BCUT2D eigenvalue weighted by molar-refractivity contribution is 7.89. The molecule has 0 spiro atoms. The number of fused-ring (bicyclic) bond motifs is 1. The molecule has 7 heteroatoms. The molecule has 2 heterocycles. The summed E-state index contributed by atoms with van der Waals surface area (Å²) < 4.78 is 26.7. The van der Waals surface area contributed by atoms with Crippen LogP contribution in [0, 0.1) is 5.92 Å². The van der Waals surface area contributed by atoms with E-state index in [2.05, 4.69) is 5.32 Å². The smallest absolute Gasteiger partial charge is 0.243 e. The van der Waals surface area contributed by atoms with E-state index in [0.717, 1.165) is 12.0 Å². The molecule has 1 amide bonds. The molecule has 0 bridgehead atoms. The fourth-order valence-corrected chi connectivity index (χ4v) is 4.53. The predicted octanol–water partition coefficient (Wildman–Crippen LogP) is 0.574. The Balaban J connectivity index is 1.83. The highest BCUT2D eigenvalue weighted by atomic mass is 32.2. The normalized spacial score (nSPS) is 22.3. The summed E-state index contributed by atoms with van der Waals surface area (Å²) in [4.78, 5) is 11.6. The summed E-state index contributed by atoms with van der Waals surface area (Å²) in [6.45, 7) is 1.03. The van der Waals surface area contributed by atoms with Crippen molar-refractivity contribution in [3.05, 3.63) is 23.8 Å². The molecule has 0 aromatic heterocycles. The monoisotopic (exact) mass is 310 g/mol. The van der Waals surface area contributed by atoms with Gasteiger partial charge in [-0.15, -0.1) is 0 Å². The molecule has 2 N–H and O–H groups in total. The maximum Gasteiger partial charge on any atom is 0.243 e. The zero-order valence-electron chi connectivity index (χ0n) is 11.6. The highest BCUT2D eigenvalue weighted by Gasteiger charge is 2.33. The highest BCUT2D eigenvalue weighted by Crippen LogP contribution is 2.30. The van der Waals surface area contributed by atoms with E-state index in [4.69, 9.17) is 5.11 Å². The lowest BCUT2D eigenvalue weighted by Gasteiger charge is -2.17. The van der Waals surface area contributed by atoms with Gasteiger partial charge in [-0.3, -0.25) is 4.79 Å². The van der Waals surface area contributed by atoms with Gasteiger partial charge in [0.15, 0.2) is 0 Å². The van der Waals surface area contributed by atoms with Crippen molar-refractivity contribution in [1.82, 2.24) is 4.31 Å². The number of hydrogen-bond donors (Lipinski definition) is 2. The van der Waals surface area contributed by atoms with E-state index in [-0.39, 0.29) is 29.7 Å². The second-order valence-electron chi connectivity index (χ2n) is 5.57. The summed E-state index contributed by atoms with van der Waals surface area (Å²) in [5.74, 6) is 0.117. The Morgan fingerprint density at radius 1 is 1.38 bits per heavy atom. The number of anilines is 1. The second-order valence-corrected chi connectivity index (χ2v) is 7.51. The SMILES string of the molecule is O=C1Cc2cc(S(=O)(=O)N3CCC(CCO)C3)ccc2N1. The van der Waals surface area contributed by atoms with Gasteiger partial charge in [0.25, 0.3) is 0 Å². The van der Waals surface area contributed by atoms with Gasteiger partial charge in [0, 0.05) is 25.4 Å². The summed E-state index contributed by atoms with van der Waals surface area (Å²) in [5, 5.41) is 11.7. The van der Waals surface area contributed by atoms with Crippen molar-refractivity contribution >= 4 is 21.6 Å². The molecule has 3 rings (SSSR count). The molecular weight excluding hydrogens is 292 g/mol. The number of rotatable bonds is 4. The van der Waals surface area contributed by atoms with Gasteiger partial charge in [0.1, 0.15) is 0 Å². The maximum absolute atomic E-state index is 12.6. The van der Waals surface area contributed by atoms with Gasteiger partial charge < -0.3 is 10.4 Å². The number of benzene rings is 1. The molecule has 114 valence electrons. The summed E-state index contributed by atoms with van der Waals surface area (Å²) in [6.07, 6.45) is 1.64. The number of nitrogens with one attached hydrogen (secondary N) is 1. The minimum absolute atomic E-state index is 0.0885. The number of nitrogens with zero attached hydrogens (tertiary/aromatic N) is 1. The second kappa shape index (κ2) is 5.40. The van der Waals surface area contributed by atoms with E-state index in [1.54, 1.807) is 18.2 Å². The molecule has 2 aliphatic rings. The average molecular weight is 310 g/mol. The number of carbonyl (C=O) groups excluding carboxylic acids is 1. The zero-order valence-corrected chi connectivity index (χ0v) is 12.4. The summed E-state index contributed by atoms with van der Waals surface area (Å²) >= 11 is 0. The van der Waals surface area contributed by atoms with Gasteiger partial charge in [-0.25, -0.2) is 8.42 Å². The average Bonchev–Trinajstić information content (AvgIpc) is 3.03. The molecule has 1 unspecified atom stereocenters. The lowest BCUT2D eigenvalue weighted by molar-refractivity contribution is -0.115. The van der Waals surface area contributed by atoms with Crippen molar-refractivity contribution in [2.75, 3.05) is 25.0 Å². The Morgan fingerprint density at radius 3 is 2.95 bits per heavy atom. The molecule has 1 atom stereocenters. The van der Waals surface area contributed by atoms with E-state index < -0.39 is 10.0 Å². The van der Waals surface area contributed by atoms with Gasteiger partial charge in [-0.2, -0.15) is 4.31 Å². The molecule has 0 radical (unpaired) electrons. The van der Waals surface area contributed by atoms with Crippen molar-refractivity contribution in [1.29, 1.82) is 0 Å². The van der Waals surface area contributed by atoms with Crippen LogP contribution in [0.3, 0.4) is 0 Å². The number of aliphatic hydroxyl groups excluding tert-OH is 1. The number of aliphatic hydroxyl groups is 1. The molecule has 0 aliphatic carbocycles. The molecule has 0 saturated carbocycles. The van der Waals surface area contributed by atoms with E-state index in [9.17, 15) is 13.2 Å². The molecule has 1 aromatic carbocycles. The van der Waals surface area contributed by atoms with Gasteiger partial charge in [0.05, 0.1) is 11.3 Å². The van der Waals surface area contributed by atoms with Crippen molar-refractivity contribution in [2.24, 2.45) is 5.92 Å². The fourth-order valence-electron chi connectivity index (χ4n) is 2.95. The van der Waals surface area contributed by atoms with Crippen molar-refractivity contribution in [3.8, 4) is 0 Å². The van der Waals surface area contributed by atoms with Crippen LogP contribution < -0.4 is 5.32 Å². The van der Waals surface area contributed by atoms with Gasteiger partial charge in [-0.05, 0) is 42.5 Å². The van der Waals surface area contributed by atoms with Crippen LogP contribution in [-0.2, 0) is 21.2 Å². The minimum atomic E-state index is -3.52. The molecule has 1 aromatic rings. The standard InChI is InChI=1S/C14H18N2O4S/c17-6-4-10-3-5-16(9-10)21(19,20)12-1-2-13-11(7-12)8-14(18)15-13/h1-2,7,10,17H,3-6,8-9H2,(H,15,18). The first kappa shape index (κ1) is 14.5. The van der Waals surface area contributed by atoms with Crippen LogP contribution in [0.1, 0.15) is 18.4 Å². The first-order valence-corrected chi connectivity index (χ1v) is 8.48. The predicted molar refractivity (Wildman–Crippen MR) is 77.3 cm³/mol. The molecule has 2 aliphatic heterocycles. The third kappa shape index (κ3) is 2.68. The van der Waals surface area contributed by atoms with Gasteiger partial charge in [-0.1, -0.05) is 0 Å². The topological polar surface area (TPSA) is 86.7 Å². The first-order chi connectivity index (χ1) is 10.0. The van der Waals surface area contributed by atoms with Crippen LogP contribution >= 0.6 is 0 Å². The van der Waals surface area contributed by atoms with E-state index in [0.29, 0.717) is 25.2 Å². The van der Waals surface area contributed by atoms with Crippen LogP contribution in [-0.4, -0.2) is 43.4 Å². The van der Waals surface area contributed by atoms with Crippen LogP contribution in [0.4, 0.5) is 5.69 Å². The number of carbonyl (C=O) groups is 1. The lowest BCUT2D eigenvalue weighted by Crippen LogP contribution is -2.29. The van der Waals surface area contributed by atoms with Crippen LogP contribution in [0.25, 0.3) is 0 Å². The van der Waals surface area contributed by atoms with E-state index >= 15 is 0 Å². The Bertz CT molecular complexity index is 672. The van der Waals surface area contributed by atoms with Crippen LogP contribution in [0.5, 0.6) is 0 Å². The lowest BCUT2D eigenvalue weighted by atomic mass is 10.1. The Kier molecular flexibility index (Phi) is 3.73. The molecule has 21 heavy (non-hydrogen) atoms. The quantitative estimate of drug-likeness (QED) is 0.851. The number of amides is 1. The maximum atomic E-state index is 12.6. The summed E-state index contributed by atoms with van der Waals surface area (Å²) in [5.41, 5.74) is 1.42. The van der Waals surface area contributed by atoms with E-state index in [1.807, 2.05) is 0 Å². The van der Waals surface area contributed by atoms with E-state index in [1.165, 1.54) is 4.31 Å². The van der Waals surface area contributed by atoms with Gasteiger partial charge >= 0.3 is 0 Å². The molecule has 1 saturated heterocycles. The molecule has 6 nitrogen and oxygen atoms in total. The summed E-state index contributed by atoms with van der Waals surface area (Å²) in [6, 6.07) is 4.77. The van der Waals surface area contributed by atoms with Crippen LogP contribution in [0.15, 0.2) is 23.1 Å². The number of hydrogen-bond acceptors (Lipinski definition) is 4. The Labute approximate surface area is 123 Å². The molecular formula is C14H18N2O4S.